The fourth-order valence-corrected chi connectivity index (χ4v) is 1.19. The normalized spacial score (nSPS) is 13.0. The highest BCUT2D eigenvalue weighted by atomic mass is 16.5. The van der Waals surface area contributed by atoms with Crippen LogP contribution in [0.5, 0.6) is 0 Å². The number of aliphatic hydroxyl groups excluding tert-OH is 1. The Bertz CT molecular complexity index is 223. The van der Waals surface area contributed by atoms with E-state index in [0.717, 1.165) is 18.7 Å². The molecule has 0 saturated heterocycles. The Kier molecular flexibility index (Phi) is 5.29. The second kappa shape index (κ2) is 6.59. The van der Waals surface area contributed by atoms with Gasteiger partial charge in [-0.15, -0.1) is 0 Å². The zero-order valence-electron chi connectivity index (χ0n) is 8.40. The Labute approximate surface area is 83.9 Å². The first kappa shape index (κ1) is 11.2. The third kappa shape index (κ3) is 4.41. The summed E-state index contributed by atoms with van der Waals surface area (Å²) in [6.07, 6.45) is 2.07. The monoisotopic (exact) mass is 199 g/mol. The Morgan fingerprint density at radius 3 is 3.14 bits per heavy atom. The van der Waals surface area contributed by atoms with E-state index in [-0.39, 0.29) is 0 Å². The molecule has 0 spiro atoms. The van der Waals surface area contributed by atoms with E-state index in [1.807, 2.05) is 12.1 Å². The summed E-state index contributed by atoms with van der Waals surface area (Å²) in [5, 5.41) is 12.4. The van der Waals surface area contributed by atoms with E-state index in [0.29, 0.717) is 13.2 Å². The van der Waals surface area contributed by atoms with Crippen molar-refractivity contribution in [2.24, 2.45) is 0 Å². The SMILES string of the molecule is COCC(O)CNCCc1ccco1. The third-order valence-electron chi connectivity index (χ3n) is 1.87. The van der Waals surface area contributed by atoms with Gasteiger partial charge in [0.05, 0.1) is 19.0 Å². The van der Waals surface area contributed by atoms with Crippen LogP contribution in [0.1, 0.15) is 5.76 Å². The minimum atomic E-state index is -0.434. The number of aliphatic hydroxyl groups is 1. The standard InChI is InChI=1S/C10H17NO3/c1-13-8-9(12)7-11-5-4-10-3-2-6-14-10/h2-3,6,9,11-12H,4-5,7-8H2,1H3. The fourth-order valence-electron chi connectivity index (χ4n) is 1.19. The lowest BCUT2D eigenvalue weighted by Gasteiger charge is -2.09. The maximum atomic E-state index is 9.30. The number of rotatable bonds is 7. The molecule has 1 rings (SSSR count). The lowest BCUT2D eigenvalue weighted by atomic mass is 10.3. The molecule has 1 unspecified atom stereocenters. The van der Waals surface area contributed by atoms with Gasteiger partial charge in [0.15, 0.2) is 0 Å². The van der Waals surface area contributed by atoms with Gasteiger partial charge in [-0.05, 0) is 12.1 Å². The molecule has 1 atom stereocenters. The van der Waals surface area contributed by atoms with Gasteiger partial charge in [-0.2, -0.15) is 0 Å². The van der Waals surface area contributed by atoms with Crippen LogP contribution in [0.3, 0.4) is 0 Å². The van der Waals surface area contributed by atoms with E-state index in [2.05, 4.69) is 5.32 Å². The first-order valence-corrected chi connectivity index (χ1v) is 4.73. The van der Waals surface area contributed by atoms with E-state index in [1.54, 1.807) is 13.4 Å². The molecule has 0 fully saturated rings. The van der Waals surface area contributed by atoms with E-state index in [9.17, 15) is 5.11 Å². The Hall–Kier alpha value is -0.840. The van der Waals surface area contributed by atoms with Crippen molar-refractivity contribution in [2.75, 3.05) is 26.8 Å². The third-order valence-corrected chi connectivity index (χ3v) is 1.87. The average molecular weight is 199 g/mol. The minimum Gasteiger partial charge on any atom is -0.469 e. The van der Waals surface area contributed by atoms with Gasteiger partial charge < -0.3 is 19.6 Å². The molecule has 1 aromatic heterocycles. The molecule has 0 aliphatic rings. The first-order valence-electron chi connectivity index (χ1n) is 4.73. The molecule has 4 nitrogen and oxygen atoms in total. The summed E-state index contributed by atoms with van der Waals surface area (Å²) in [5.74, 6) is 0.957. The second-order valence-electron chi connectivity index (χ2n) is 3.14. The largest absolute Gasteiger partial charge is 0.469 e. The van der Waals surface area contributed by atoms with E-state index in [1.165, 1.54) is 0 Å². The summed E-state index contributed by atoms with van der Waals surface area (Å²) < 4.78 is 9.96. The van der Waals surface area contributed by atoms with Crippen molar-refractivity contribution >= 4 is 0 Å². The quantitative estimate of drug-likeness (QED) is 0.625. The number of ether oxygens (including phenoxy) is 1. The predicted molar refractivity (Wildman–Crippen MR) is 53.2 cm³/mol. The number of hydrogen-bond donors (Lipinski definition) is 2. The Morgan fingerprint density at radius 1 is 1.64 bits per heavy atom. The molecule has 0 saturated carbocycles. The van der Waals surface area contributed by atoms with Crippen molar-refractivity contribution in [3.8, 4) is 0 Å². The van der Waals surface area contributed by atoms with Crippen molar-refractivity contribution in [3.63, 3.8) is 0 Å². The number of furan rings is 1. The molecule has 0 aliphatic heterocycles. The number of nitrogens with one attached hydrogen (secondary N) is 1. The van der Waals surface area contributed by atoms with Crippen molar-refractivity contribution in [3.05, 3.63) is 24.2 Å². The van der Waals surface area contributed by atoms with E-state index >= 15 is 0 Å². The van der Waals surface area contributed by atoms with Crippen LogP contribution in [0, 0.1) is 0 Å². The Balaban J connectivity index is 1.99. The van der Waals surface area contributed by atoms with E-state index < -0.39 is 6.10 Å². The topological polar surface area (TPSA) is 54.6 Å². The van der Waals surface area contributed by atoms with Crippen LogP contribution in [0.4, 0.5) is 0 Å². The molecule has 2 N–H and O–H groups in total. The van der Waals surface area contributed by atoms with Gasteiger partial charge in [0, 0.05) is 26.6 Å². The zero-order valence-corrected chi connectivity index (χ0v) is 8.40. The summed E-state index contributed by atoms with van der Waals surface area (Å²) in [6.45, 7) is 1.72. The maximum absolute atomic E-state index is 9.30. The fraction of sp³-hybridized carbons (Fsp3) is 0.600. The molecule has 0 bridgehead atoms. The van der Waals surface area contributed by atoms with Crippen molar-refractivity contribution < 1.29 is 14.3 Å². The van der Waals surface area contributed by atoms with Gasteiger partial charge in [-0.1, -0.05) is 0 Å². The van der Waals surface area contributed by atoms with Crippen LogP contribution in [0.15, 0.2) is 22.8 Å². The molecule has 80 valence electrons. The first-order chi connectivity index (χ1) is 6.83. The van der Waals surface area contributed by atoms with Crippen molar-refractivity contribution in [2.45, 2.75) is 12.5 Å². The Morgan fingerprint density at radius 2 is 2.50 bits per heavy atom. The van der Waals surface area contributed by atoms with Gasteiger partial charge in [-0.25, -0.2) is 0 Å². The summed E-state index contributed by atoms with van der Waals surface area (Å²) in [5.41, 5.74) is 0. The molecular weight excluding hydrogens is 182 g/mol. The van der Waals surface area contributed by atoms with Gasteiger partial charge in [-0.3, -0.25) is 0 Å². The van der Waals surface area contributed by atoms with Gasteiger partial charge >= 0.3 is 0 Å². The van der Waals surface area contributed by atoms with Gasteiger partial charge in [0.25, 0.3) is 0 Å². The van der Waals surface area contributed by atoms with Crippen LogP contribution in [0.2, 0.25) is 0 Å². The number of hydrogen-bond acceptors (Lipinski definition) is 4. The molecule has 1 aromatic rings. The summed E-state index contributed by atoms with van der Waals surface area (Å²) in [6, 6.07) is 3.81. The van der Waals surface area contributed by atoms with Crippen molar-refractivity contribution in [1.82, 2.24) is 5.32 Å². The molecule has 0 aromatic carbocycles. The lowest BCUT2D eigenvalue weighted by Crippen LogP contribution is -2.31. The van der Waals surface area contributed by atoms with Crippen LogP contribution < -0.4 is 5.32 Å². The molecule has 0 amide bonds. The molecule has 0 aliphatic carbocycles. The van der Waals surface area contributed by atoms with Crippen LogP contribution in [0.25, 0.3) is 0 Å². The summed E-state index contributed by atoms with van der Waals surface area (Å²) in [4.78, 5) is 0. The van der Waals surface area contributed by atoms with Crippen molar-refractivity contribution in [1.29, 1.82) is 0 Å². The van der Waals surface area contributed by atoms with E-state index in [4.69, 9.17) is 9.15 Å². The van der Waals surface area contributed by atoms with Crippen LogP contribution in [-0.2, 0) is 11.2 Å². The number of methoxy groups -OCH3 is 1. The maximum Gasteiger partial charge on any atom is 0.105 e. The van der Waals surface area contributed by atoms with Crippen LogP contribution in [-0.4, -0.2) is 38.0 Å². The predicted octanol–water partition coefficient (Wildman–Crippen LogP) is 0.419. The summed E-state index contributed by atoms with van der Waals surface area (Å²) in [7, 11) is 1.58. The molecular formula is C10H17NO3. The molecule has 0 radical (unpaired) electrons. The zero-order chi connectivity index (χ0) is 10.2. The smallest absolute Gasteiger partial charge is 0.105 e. The highest BCUT2D eigenvalue weighted by Gasteiger charge is 2.02. The van der Waals surface area contributed by atoms with Crippen LogP contribution >= 0.6 is 0 Å². The highest BCUT2D eigenvalue weighted by Crippen LogP contribution is 1.99. The minimum absolute atomic E-state index is 0.369. The van der Waals surface area contributed by atoms with Gasteiger partial charge in [0.2, 0.25) is 0 Å². The van der Waals surface area contributed by atoms with Gasteiger partial charge in [0.1, 0.15) is 5.76 Å². The molecule has 4 heteroatoms. The second-order valence-corrected chi connectivity index (χ2v) is 3.14. The lowest BCUT2D eigenvalue weighted by molar-refractivity contribution is 0.0647. The molecule has 1 heterocycles. The average Bonchev–Trinajstić information content (AvgIpc) is 2.65. The summed E-state index contributed by atoms with van der Waals surface area (Å²) >= 11 is 0. The highest BCUT2D eigenvalue weighted by molar-refractivity contribution is 4.98. The molecule has 14 heavy (non-hydrogen) atoms.